The maximum Gasteiger partial charge on any atom is 0.472 e. The molecule has 7 heterocycles. The van der Waals surface area contributed by atoms with Gasteiger partial charge in [0.1, 0.15) is 18.3 Å². The van der Waals surface area contributed by atoms with Crippen molar-refractivity contribution < 1.29 is 88.4 Å². The molecule has 6 aliphatic rings. The minimum Gasteiger partial charge on any atom is -0.685 e. The van der Waals surface area contributed by atoms with Crippen molar-refractivity contribution in [1.82, 2.24) is 10.3 Å². The van der Waals surface area contributed by atoms with Crippen molar-refractivity contribution in [2.24, 2.45) is 79.7 Å². The molecule has 0 saturated carbocycles. The molecule has 5 fully saturated rings. The summed E-state index contributed by atoms with van der Waals surface area (Å²) in [6.07, 6.45) is 2.81. The summed E-state index contributed by atoms with van der Waals surface area (Å²) in [7, 11) is -5.06. The van der Waals surface area contributed by atoms with Gasteiger partial charge in [-0.1, -0.05) is 59.2 Å². The van der Waals surface area contributed by atoms with Crippen LogP contribution in [-0.4, -0.2) is 124 Å². The predicted octanol–water partition coefficient (Wildman–Crippen LogP) is 5.83. The Hall–Kier alpha value is -7.00. The molecule has 5 saturated heterocycles. The maximum absolute atomic E-state index is 14.4. The Kier molecular flexibility index (Phi) is 25.1. The van der Waals surface area contributed by atoms with Crippen LogP contribution in [0, 0.1) is 78.4 Å². The van der Waals surface area contributed by atoms with Gasteiger partial charge in [-0.2, -0.15) is 17.1 Å². The summed E-state index contributed by atoms with van der Waals surface area (Å²) in [5.41, 5.74) is 38.2. The number of aliphatic hydroxyl groups is 2. The Morgan fingerprint density at radius 2 is 1.39 bits per heavy atom. The average Bonchev–Trinajstić information content (AvgIpc) is 1.53. The summed E-state index contributed by atoms with van der Waals surface area (Å²) in [6, 6.07) is 8.24. The first-order valence-electron chi connectivity index (χ1n) is 33.7. The summed E-state index contributed by atoms with van der Waals surface area (Å²) in [5.74, 6) is -4.60. The third-order valence-electron chi connectivity index (χ3n) is 22.4. The fourth-order valence-corrected chi connectivity index (χ4v) is 18.0. The van der Waals surface area contributed by atoms with E-state index in [4.69, 9.17) is 75.9 Å². The Bertz CT molecular complexity index is 3830. The van der Waals surface area contributed by atoms with E-state index in [-0.39, 0.29) is 94.0 Å². The van der Waals surface area contributed by atoms with Gasteiger partial charge in [0.2, 0.25) is 41.4 Å². The molecule has 7 amide bonds. The van der Waals surface area contributed by atoms with Crippen molar-refractivity contribution in [3.8, 4) is 5.92 Å². The molecule has 29 heteroatoms. The number of amides is 7. The average molecular weight is 1450 g/mol. The number of aliphatic hydroxyl groups excluding tert-OH is 2. The number of imidazole rings is 1. The normalized spacial score (nSPS) is 33.9. The standard InChI is InChI=1S/C62H92N13O14P.C9H7.Co/c1-29-20-39-40(21-30(29)2)75(28-70-39)57-52(84)53(41(27-76)87-57)89-90(85,86)88-31(3)26-69-49(83)18-19-59(8)37(22-46(66)80)56-62(11)61(10,25-48(68)82)36(14-17-45(65)79)51(74-62)33(5)55-60(9,24-47(67)81)34(12-15-43(63)77)38(71-55)23-42-58(6,7)35(13-16-44(64)78)50(72-42)32(4)54(59)73-56;1-3-9-6-4-5-8(2)7-9;/h20-21,23,28,31,34-37,41-42,50-53,56-57,76,84H,12-19,22,24-27H2,1-11H3,(H14,63,64,65,66,67,68,69,77,78,79,80,81,82,83,85,86);4-7H,2H3;/q-4;-1;/b38-23-,54-32-,55-33-;;/t31-,34-,35-,36-,37+,41-,42+,50?,51+,52-,53-,56-,57+,59-,60+,61+,62+;;/m1../s1. The number of allylic oxidation sites excluding steroid dienone is 3. The van der Waals surface area contributed by atoms with E-state index in [1.54, 1.807) is 4.57 Å². The van der Waals surface area contributed by atoms with Gasteiger partial charge in [-0.05, 0) is 136 Å². The summed E-state index contributed by atoms with van der Waals surface area (Å²) < 4.78 is 32.3. The molecule has 1 aromatic heterocycles. The predicted molar refractivity (Wildman–Crippen MR) is 368 cm³/mol. The van der Waals surface area contributed by atoms with Crippen LogP contribution in [0.25, 0.3) is 32.3 Å². The number of fused-ring (bicyclic) bond motifs is 10. The molecule has 2 aromatic carbocycles. The summed E-state index contributed by atoms with van der Waals surface area (Å²) in [6.45, 7) is 21.5. The maximum atomic E-state index is 14.4. The fraction of sp³-hybridized carbons (Fsp3) is 0.606. The Morgan fingerprint density at radius 1 is 0.780 bits per heavy atom. The van der Waals surface area contributed by atoms with E-state index in [0.29, 0.717) is 39.3 Å². The van der Waals surface area contributed by atoms with Crippen molar-refractivity contribution in [3.05, 3.63) is 127 Å². The zero-order valence-corrected chi connectivity index (χ0v) is 61.0. The Labute approximate surface area is 595 Å². The number of hydrogen-bond acceptors (Lipinski definition) is 13. The Balaban J connectivity index is 0.00000130. The third-order valence-corrected chi connectivity index (χ3v) is 23.5. The van der Waals surface area contributed by atoms with Gasteiger partial charge < -0.3 is 91.8 Å². The van der Waals surface area contributed by atoms with Gasteiger partial charge in [0.25, 0.3) is 0 Å². The number of phosphoric acid groups is 1. The van der Waals surface area contributed by atoms with Crippen LogP contribution < -0.4 is 49.3 Å². The molecule has 18 atom stereocenters. The second kappa shape index (κ2) is 31.3. The van der Waals surface area contributed by atoms with Crippen LogP contribution in [-0.2, 0) is 68.7 Å². The number of benzene rings is 2. The minimum atomic E-state index is -5.06. The van der Waals surface area contributed by atoms with Crippen molar-refractivity contribution >= 4 is 60.2 Å². The van der Waals surface area contributed by atoms with Crippen molar-refractivity contribution in [3.63, 3.8) is 0 Å². The zero-order valence-electron chi connectivity index (χ0n) is 59.1. The van der Waals surface area contributed by atoms with Crippen LogP contribution in [0.1, 0.15) is 161 Å². The second-order valence-corrected chi connectivity index (χ2v) is 30.9. The number of nitrogens with one attached hydrogen (secondary N) is 1. The van der Waals surface area contributed by atoms with Gasteiger partial charge >= 0.3 is 7.82 Å². The quantitative estimate of drug-likeness (QED) is 0.0196. The number of aryl methyl sites for hydroxylation is 3. The van der Waals surface area contributed by atoms with Crippen molar-refractivity contribution in [1.29, 1.82) is 0 Å². The molecular weight excluding hydrogens is 1350 g/mol. The molecule has 551 valence electrons. The first-order valence-corrected chi connectivity index (χ1v) is 35.2. The monoisotopic (exact) mass is 1450 g/mol. The SMILES string of the molecule is C/C1=C2/[N-][C@H]([C@H](CC(N)=O)[C@@]2(C)CCC(=O)NC[C@@H](C)OP(=O)(O)O[C@H]2[C@@H](O)[C@@H]([n+]3c[n-]c4cc(C)c(C)cc43)O[C@@H]2CO)[C@]2(C)[N-][C@@H](/C(C)=C3\[N-]/C(=C\[C@@H]4[N-]C1[C@@H](CCC(N)=O)C4(C)C)[C@@H](CCC(N)=O)[C@]3(C)CC(N)=O)[C@@H](CCC(N)=O)[C@]2(C)CC(N)=O.[C-]#Cc1cccc(C)c1.[Co]. The smallest absolute Gasteiger partial charge is 0.472 e. The molecule has 100 heavy (non-hydrogen) atoms. The Morgan fingerprint density at radius 3 is 1.97 bits per heavy atom. The van der Waals surface area contributed by atoms with Crippen molar-refractivity contribution in [2.75, 3.05) is 13.2 Å². The largest absolute Gasteiger partial charge is 0.685 e. The van der Waals surface area contributed by atoms with Crippen LogP contribution >= 0.6 is 7.82 Å². The van der Waals surface area contributed by atoms with E-state index in [2.05, 4.69) is 16.2 Å². The van der Waals surface area contributed by atoms with E-state index in [1.807, 2.05) is 119 Å². The van der Waals surface area contributed by atoms with Gasteiger partial charge in [0.05, 0.1) is 30.1 Å². The van der Waals surface area contributed by atoms with Crippen molar-refractivity contribution in [2.45, 2.75) is 214 Å². The number of phosphoric ester groups is 1. The fourth-order valence-electron chi connectivity index (χ4n) is 16.8. The molecule has 0 aliphatic carbocycles. The first kappa shape index (κ1) is 80.3. The van der Waals surface area contributed by atoms with Gasteiger partial charge in [0.15, 0.2) is 6.23 Å². The summed E-state index contributed by atoms with van der Waals surface area (Å²) in [5, 5.41) is 46.9. The van der Waals surface area contributed by atoms with Gasteiger partial charge in [-0.3, -0.25) is 48.5 Å². The number of nitrogens with zero attached hydrogens (tertiary/aromatic N) is 6. The van der Waals surface area contributed by atoms with Crippen LogP contribution in [0.15, 0.2) is 77.0 Å². The van der Waals surface area contributed by atoms with Crippen LogP contribution in [0.4, 0.5) is 0 Å². The zero-order chi connectivity index (χ0) is 73.4. The third kappa shape index (κ3) is 16.4. The molecule has 6 aliphatic heterocycles. The topological polar surface area (TPSA) is 467 Å². The van der Waals surface area contributed by atoms with Gasteiger partial charge in [0, 0.05) is 68.3 Å². The molecule has 0 spiro atoms. The first-order chi connectivity index (χ1) is 46.2. The molecule has 9 rings (SSSR count). The van der Waals surface area contributed by atoms with E-state index >= 15 is 0 Å². The molecule has 1 radical (unpaired) electrons. The number of aromatic nitrogens is 2. The number of carbonyl (C=O) groups is 7. The van der Waals surface area contributed by atoms with E-state index in [1.165, 1.54) is 18.8 Å². The molecular formula is C71H99CoN13O14P-5. The molecule has 3 aromatic rings. The minimum absolute atomic E-state index is 0. The van der Waals surface area contributed by atoms with Crippen LogP contribution in [0.5, 0.6) is 0 Å². The number of ether oxygens (including phenoxy) is 1. The molecule has 2 unspecified atom stereocenters. The number of hydrogen-bond donors (Lipinski definition) is 10. The molecule has 27 nitrogen and oxygen atoms in total. The van der Waals surface area contributed by atoms with Gasteiger partial charge in [-0.15, -0.1) is 64.6 Å². The number of rotatable bonds is 26. The summed E-state index contributed by atoms with van der Waals surface area (Å²) >= 11 is 0. The van der Waals surface area contributed by atoms with Gasteiger partial charge in [-0.25, -0.2) is 9.55 Å². The van der Waals surface area contributed by atoms with E-state index in [0.717, 1.165) is 16.7 Å². The number of carbonyl (C=O) groups excluding carboxylic acids is 7. The summed E-state index contributed by atoms with van der Waals surface area (Å²) in [4.78, 5) is 109. The van der Waals surface area contributed by atoms with Crippen LogP contribution in [0.3, 0.4) is 0 Å². The second-order valence-electron chi connectivity index (χ2n) is 29.6. The number of nitrogens with two attached hydrogens (primary N) is 6. The van der Waals surface area contributed by atoms with Crippen LogP contribution in [0.2, 0.25) is 0 Å². The molecule has 8 bridgehead atoms. The van der Waals surface area contributed by atoms with E-state index < -0.39 is 161 Å². The number of primary amides is 6. The molecule has 16 N–H and O–H groups in total. The van der Waals surface area contributed by atoms with E-state index in [9.17, 15) is 53.2 Å².